The van der Waals surface area contributed by atoms with Crippen molar-refractivity contribution in [2.75, 3.05) is 0 Å². The molecule has 0 aliphatic rings. The first-order chi connectivity index (χ1) is 13.0. The number of fused-ring (bicyclic) bond motifs is 1. The van der Waals surface area contributed by atoms with Crippen LogP contribution in [0.1, 0.15) is 32.0 Å². The van der Waals surface area contributed by atoms with Crippen LogP contribution in [-0.4, -0.2) is 14.4 Å². The summed E-state index contributed by atoms with van der Waals surface area (Å²) in [4.78, 5) is 9.25. The van der Waals surface area contributed by atoms with Crippen LogP contribution in [0.15, 0.2) is 73.2 Å². The summed E-state index contributed by atoms with van der Waals surface area (Å²) >= 11 is 0. The van der Waals surface area contributed by atoms with Gasteiger partial charge in [0.2, 0.25) is 0 Å². The fraction of sp³-hybridized carbons (Fsp3) is 0.217. The van der Waals surface area contributed by atoms with Gasteiger partial charge in [0, 0.05) is 23.4 Å². The molecule has 0 saturated carbocycles. The lowest BCUT2D eigenvalue weighted by Crippen LogP contribution is -2.12. The van der Waals surface area contributed by atoms with E-state index in [1.54, 1.807) is 6.20 Å². The highest BCUT2D eigenvalue weighted by Crippen LogP contribution is 2.31. The second-order valence-electron chi connectivity index (χ2n) is 7.67. The van der Waals surface area contributed by atoms with Crippen molar-refractivity contribution in [2.45, 2.75) is 32.8 Å². The van der Waals surface area contributed by atoms with Crippen LogP contribution in [0.25, 0.3) is 16.9 Å². The molecule has 0 fully saturated rings. The van der Waals surface area contributed by atoms with Crippen LogP contribution in [0.4, 0.5) is 0 Å². The predicted molar refractivity (Wildman–Crippen MR) is 108 cm³/mol. The Kier molecular flexibility index (Phi) is 4.40. The number of imidazole rings is 1. The summed E-state index contributed by atoms with van der Waals surface area (Å²) in [5.41, 5.74) is 4.19. The third-order valence-electron chi connectivity index (χ3n) is 4.50. The van der Waals surface area contributed by atoms with E-state index in [1.807, 2.05) is 48.8 Å². The van der Waals surface area contributed by atoms with Gasteiger partial charge in [-0.15, -0.1) is 0 Å². The number of benzene rings is 2. The van der Waals surface area contributed by atoms with Gasteiger partial charge in [-0.05, 0) is 17.7 Å². The first kappa shape index (κ1) is 17.3. The summed E-state index contributed by atoms with van der Waals surface area (Å²) in [6.45, 7) is 7.06. The van der Waals surface area contributed by atoms with Crippen molar-refractivity contribution in [3.05, 3.63) is 84.4 Å². The number of nitrogens with zero attached hydrogens (tertiary/aromatic N) is 3. The maximum absolute atomic E-state index is 5.99. The summed E-state index contributed by atoms with van der Waals surface area (Å²) in [5, 5.41) is 0. The van der Waals surface area contributed by atoms with Crippen molar-refractivity contribution < 1.29 is 4.74 Å². The quantitative estimate of drug-likeness (QED) is 0.499. The average Bonchev–Trinajstić information content (AvgIpc) is 3.08. The molecular weight excluding hydrogens is 334 g/mol. The molecule has 0 aliphatic heterocycles. The Balaban J connectivity index is 1.70. The summed E-state index contributed by atoms with van der Waals surface area (Å²) in [6.07, 6.45) is 5.64. The van der Waals surface area contributed by atoms with Crippen LogP contribution in [0.3, 0.4) is 0 Å². The highest BCUT2D eigenvalue weighted by atomic mass is 16.5. The zero-order chi connectivity index (χ0) is 18.9. The van der Waals surface area contributed by atoms with Crippen LogP contribution < -0.4 is 4.74 Å². The van der Waals surface area contributed by atoms with E-state index in [0.717, 1.165) is 33.9 Å². The van der Waals surface area contributed by atoms with E-state index in [-0.39, 0.29) is 5.41 Å². The number of ether oxygens (including phenoxy) is 1. The molecule has 4 rings (SSSR count). The van der Waals surface area contributed by atoms with E-state index in [9.17, 15) is 0 Å². The molecular formula is C23H23N3O. The first-order valence-corrected chi connectivity index (χ1v) is 9.12. The second-order valence-corrected chi connectivity index (χ2v) is 7.67. The molecule has 4 aromatic rings. The highest BCUT2D eigenvalue weighted by molar-refractivity contribution is 5.67. The Bertz CT molecular complexity index is 1060. The van der Waals surface area contributed by atoms with Gasteiger partial charge in [-0.2, -0.15) is 0 Å². The van der Waals surface area contributed by atoms with Gasteiger partial charge in [0.15, 0.2) is 0 Å². The number of hydrogen-bond acceptors (Lipinski definition) is 3. The molecule has 0 bridgehead atoms. The standard InChI is InChI=1S/C23H23N3O/c1-23(2,3)21-20-15-24-12-13-26(20)22(25-21)18-10-7-11-19(14-18)27-16-17-8-5-4-6-9-17/h4-15H,16H2,1-3H3. The average molecular weight is 357 g/mol. The molecule has 0 unspecified atom stereocenters. The molecule has 136 valence electrons. The maximum Gasteiger partial charge on any atom is 0.145 e. The molecule has 0 saturated heterocycles. The summed E-state index contributed by atoms with van der Waals surface area (Å²) in [5.74, 6) is 1.74. The molecule has 0 spiro atoms. The van der Waals surface area contributed by atoms with Crippen molar-refractivity contribution >= 4 is 5.52 Å². The largest absolute Gasteiger partial charge is 0.489 e. The molecule has 0 atom stereocenters. The fourth-order valence-corrected chi connectivity index (χ4v) is 3.16. The SMILES string of the molecule is CC(C)(C)c1nc(-c2cccc(OCc3ccccc3)c2)n2ccncc12. The number of aromatic nitrogens is 3. The van der Waals surface area contributed by atoms with E-state index in [0.29, 0.717) is 6.61 Å². The minimum absolute atomic E-state index is 0.0616. The van der Waals surface area contributed by atoms with Crippen LogP contribution in [-0.2, 0) is 12.0 Å². The smallest absolute Gasteiger partial charge is 0.145 e. The van der Waals surface area contributed by atoms with Crippen LogP contribution in [0.2, 0.25) is 0 Å². The molecule has 2 heterocycles. The Morgan fingerprint density at radius 2 is 1.81 bits per heavy atom. The van der Waals surface area contributed by atoms with Crippen LogP contribution >= 0.6 is 0 Å². The molecule has 2 aromatic heterocycles. The minimum Gasteiger partial charge on any atom is -0.489 e. The number of rotatable bonds is 4. The second kappa shape index (κ2) is 6.88. The van der Waals surface area contributed by atoms with Crippen LogP contribution in [0, 0.1) is 0 Å². The molecule has 4 heteroatoms. The lowest BCUT2D eigenvalue weighted by molar-refractivity contribution is 0.306. The van der Waals surface area contributed by atoms with Gasteiger partial charge in [0.25, 0.3) is 0 Å². The van der Waals surface area contributed by atoms with Gasteiger partial charge in [-0.3, -0.25) is 9.38 Å². The molecule has 0 aliphatic carbocycles. The third-order valence-corrected chi connectivity index (χ3v) is 4.50. The Morgan fingerprint density at radius 3 is 2.59 bits per heavy atom. The molecule has 0 N–H and O–H groups in total. The van der Waals surface area contributed by atoms with E-state index in [2.05, 4.69) is 48.4 Å². The van der Waals surface area contributed by atoms with Crippen molar-refractivity contribution in [1.82, 2.24) is 14.4 Å². The monoisotopic (exact) mass is 357 g/mol. The molecule has 4 nitrogen and oxygen atoms in total. The maximum atomic E-state index is 5.99. The van der Waals surface area contributed by atoms with Crippen molar-refractivity contribution in [3.63, 3.8) is 0 Å². The van der Waals surface area contributed by atoms with Gasteiger partial charge in [0.05, 0.1) is 17.4 Å². The minimum atomic E-state index is -0.0616. The van der Waals surface area contributed by atoms with Gasteiger partial charge in [-0.1, -0.05) is 63.2 Å². The highest BCUT2D eigenvalue weighted by Gasteiger charge is 2.23. The predicted octanol–water partition coefficient (Wildman–Crippen LogP) is 5.27. The fourth-order valence-electron chi connectivity index (χ4n) is 3.16. The van der Waals surface area contributed by atoms with Crippen molar-refractivity contribution in [2.24, 2.45) is 0 Å². The van der Waals surface area contributed by atoms with E-state index in [4.69, 9.17) is 9.72 Å². The zero-order valence-electron chi connectivity index (χ0n) is 15.9. The van der Waals surface area contributed by atoms with Gasteiger partial charge in [0.1, 0.15) is 18.2 Å². The Morgan fingerprint density at radius 1 is 1.00 bits per heavy atom. The van der Waals surface area contributed by atoms with Crippen molar-refractivity contribution in [1.29, 1.82) is 0 Å². The Hall–Kier alpha value is -3.14. The summed E-state index contributed by atoms with van der Waals surface area (Å²) < 4.78 is 8.09. The van der Waals surface area contributed by atoms with Crippen molar-refractivity contribution in [3.8, 4) is 17.1 Å². The van der Waals surface area contributed by atoms with Crippen LogP contribution in [0.5, 0.6) is 5.75 Å². The van der Waals surface area contributed by atoms with E-state index in [1.165, 1.54) is 0 Å². The lowest BCUT2D eigenvalue weighted by atomic mass is 9.92. The molecule has 2 aromatic carbocycles. The lowest BCUT2D eigenvalue weighted by Gasteiger charge is -2.15. The van der Waals surface area contributed by atoms with E-state index < -0.39 is 0 Å². The molecule has 27 heavy (non-hydrogen) atoms. The molecule has 0 amide bonds. The zero-order valence-corrected chi connectivity index (χ0v) is 15.9. The Labute approximate surface area is 159 Å². The summed E-state index contributed by atoms with van der Waals surface area (Å²) in [6, 6.07) is 18.3. The number of hydrogen-bond donors (Lipinski definition) is 0. The summed E-state index contributed by atoms with van der Waals surface area (Å²) in [7, 11) is 0. The first-order valence-electron chi connectivity index (χ1n) is 9.12. The molecule has 0 radical (unpaired) electrons. The van der Waals surface area contributed by atoms with Gasteiger partial charge >= 0.3 is 0 Å². The third kappa shape index (κ3) is 3.56. The topological polar surface area (TPSA) is 39.4 Å². The van der Waals surface area contributed by atoms with E-state index >= 15 is 0 Å². The van der Waals surface area contributed by atoms with Gasteiger partial charge < -0.3 is 4.74 Å². The van der Waals surface area contributed by atoms with Gasteiger partial charge in [-0.25, -0.2) is 4.98 Å². The normalized spacial score (nSPS) is 11.7.